The van der Waals surface area contributed by atoms with Crippen molar-refractivity contribution in [1.82, 2.24) is 9.88 Å². The van der Waals surface area contributed by atoms with Crippen LogP contribution in [0.25, 0.3) is 0 Å². The summed E-state index contributed by atoms with van der Waals surface area (Å²) < 4.78 is 37.9. The van der Waals surface area contributed by atoms with Crippen LogP contribution in [0.1, 0.15) is 5.56 Å². The van der Waals surface area contributed by atoms with Crippen LogP contribution >= 0.6 is 0 Å². The van der Waals surface area contributed by atoms with Crippen LogP contribution in [0.2, 0.25) is 0 Å². The van der Waals surface area contributed by atoms with Crippen LogP contribution in [0, 0.1) is 0 Å². The lowest BCUT2D eigenvalue weighted by Gasteiger charge is -2.20. The third-order valence-electron chi connectivity index (χ3n) is 3.09. The number of likely N-dealkylation sites (N-methyl/N-ethyl adjacent to an activating group) is 1. The monoisotopic (exact) mass is 287 g/mol. The molecule has 5 nitrogen and oxygen atoms in total. The van der Waals surface area contributed by atoms with Crippen molar-refractivity contribution in [1.29, 1.82) is 0 Å². The number of carbonyl (C=O) groups excluding carboxylic acids is 1. The predicted octanol–water partition coefficient (Wildman–Crippen LogP) is 1.85. The highest BCUT2D eigenvalue weighted by Crippen LogP contribution is 2.33. The van der Waals surface area contributed by atoms with E-state index in [1.807, 2.05) is 0 Å². The van der Waals surface area contributed by atoms with E-state index >= 15 is 0 Å². The van der Waals surface area contributed by atoms with Crippen molar-refractivity contribution in [3.63, 3.8) is 0 Å². The molecule has 0 radical (unpaired) electrons. The number of nitrogens with zero attached hydrogens (tertiary/aromatic N) is 3. The van der Waals surface area contributed by atoms with Crippen molar-refractivity contribution in [3.8, 4) is 0 Å². The Morgan fingerprint density at radius 2 is 2.15 bits per heavy atom. The minimum atomic E-state index is -4.55. The predicted molar refractivity (Wildman–Crippen MR) is 64.9 cm³/mol. The summed E-state index contributed by atoms with van der Waals surface area (Å²) in [5.74, 6) is -0.256. The van der Waals surface area contributed by atoms with Crippen molar-refractivity contribution >= 4 is 11.8 Å². The van der Waals surface area contributed by atoms with Gasteiger partial charge in [-0.15, -0.1) is 6.58 Å². The molecule has 1 N–H and O–H groups in total. The summed E-state index contributed by atoms with van der Waals surface area (Å²) >= 11 is 0. The average molecular weight is 287 g/mol. The Morgan fingerprint density at radius 1 is 1.50 bits per heavy atom. The molecular formula is C12H12F3N3O2. The topological polar surface area (TPSA) is 56.7 Å². The first kappa shape index (κ1) is 14.3. The first-order valence-corrected chi connectivity index (χ1v) is 5.67. The molecule has 0 aliphatic carbocycles. The lowest BCUT2D eigenvalue weighted by molar-refractivity contribution is -0.137. The second-order valence-corrected chi connectivity index (χ2v) is 4.30. The van der Waals surface area contributed by atoms with Gasteiger partial charge in [-0.3, -0.25) is 0 Å². The van der Waals surface area contributed by atoms with Gasteiger partial charge in [0.1, 0.15) is 5.82 Å². The molecule has 1 aliphatic rings. The summed E-state index contributed by atoms with van der Waals surface area (Å²) in [6.45, 7) is 3.48. The minimum Gasteiger partial charge on any atom is -0.370 e. The van der Waals surface area contributed by atoms with Gasteiger partial charge in [-0.25, -0.2) is 14.7 Å². The number of aromatic nitrogens is 1. The van der Waals surface area contributed by atoms with Crippen LogP contribution < -0.4 is 4.90 Å². The Labute approximate surface area is 112 Å². The third kappa shape index (κ3) is 2.22. The van der Waals surface area contributed by atoms with Gasteiger partial charge in [0.25, 0.3) is 0 Å². The first-order valence-electron chi connectivity index (χ1n) is 5.67. The molecule has 0 bridgehead atoms. The van der Waals surface area contributed by atoms with Gasteiger partial charge in [0, 0.05) is 13.2 Å². The zero-order chi connectivity index (χ0) is 15.1. The van der Waals surface area contributed by atoms with Gasteiger partial charge in [0.15, 0.2) is 6.23 Å². The number of carbonyl (C=O) groups is 1. The largest absolute Gasteiger partial charge is 0.416 e. The SMILES string of the molecule is C=CC1C(O)N(c2cc(C(F)(F)F)ccn2)C(=O)N1C. The Morgan fingerprint density at radius 3 is 2.65 bits per heavy atom. The Kier molecular flexibility index (Phi) is 3.43. The highest BCUT2D eigenvalue weighted by Gasteiger charge is 2.43. The molecule has 1 fully saturated rings. The maximum Gasteiger partial charge on any atom is 0.416 e. The van der Waals surface area contributed by atoms with Crippen LogP contribution in [0.15, 0.2) is 31.0 Å². The highest BCUT2D eigenvalue weighted by molar-refractivity contribution is 5.94. The molecule has 1 saturated heterocycles. The van der Waals surface area contributed by atoms with Crippen molar-refractivity contribution < 1.29 is 23.1 Å². The Hall–Kier alpha value is -2.09. The molecule has 2 atom stereocenters. The average Bonchev–Trinajstić information content (AvgIpc) is 2.59. The van der Waals surface area contributed by atoms with Gasteiger partial charge in [-0.05, 0) is 12.1 Å². The summed E-state index contributed by atoms with van der Waals surface area (Å²) in [7, 11) is 1.42. The zero-order valence-electron chi connectivity index (χ0n) is 10.5. The standard InChI is InChI=1S/C12H12F3N3O2/c1-3-8-10(19)18(11(20)17(8)2)9-6-7(4-5-16-9)12(13,14)15/h3-6,8,10,19H,1H2,2H3. The van der Waals surface area contributed by atoms with Gasteiger partial charge in [0.05, 0.1) is 11.6 Å². The normalized spacial score (nSPS) is 23.4. The number of urea groups is 1. The number of pyridine rings is 1. The fourth-order valence-electron chi connectivity index (χ4n) is 2.00. The fourth-order valence-corrected chi connectivity index (χ4v) is 2.00. The van der Waals surface area contributed by atoms with Gasteiger partial charge in [-0.1, -0.05) is 6.08 Å². The lowest BCUT2D eigenvalue weighted by atomic mass is 10.2. The summed E-state index contributed by atoms with van der Waals surface area (Å²) in [5, 5.41) is 10.0. The lowest BCUT2D eigenvalue weighted by Crippen LogP contribution is -2.36. The van der Waals surface area contributed by atoms with Gasteiger partial charge >= 0.3 is 12.2 Å². The molecule has 2 unspecified atom stereocenters. The van der Waals surface area contributed by atoms with Crippen molar-refractivity contribution in [2.24, 2.45) is 0 Å². The number of halogens is 3. The van der Waals surface area contributed by atoms with Gasteiger partial charge in [0.2, 0.25) is 0 Å². The molecule has 1 aromatic heterocycles. The number of amides is 2. The molecule has 0 spiro atoms. The van der Waals surface area contributed by atoms with Crippen LogP contribution in [0.3, 0.4) is 0 Å². The molecule has 2 rings (SSSR count). The molecule has 20 heavy (non-hydrogen) atoms. The van der Waals surface area contributed by atoms with E-state index < -0.39 is 30.0 Å². The van der Waals surface area contributed by atoms with E-state index in [-0.39, 0.29) is 5.82 Å². The summed E-state index contributed by atoms with van der Waals surface area (Å²) in [4.78, 5) is 17.7. The summed E-state index contributed by atoms with van der Waals surface area (Å²) in [5.41, 5.74) is -0.938. The second kappa shape index (κ2) is 4.78. The smallest absolute Gasteiger partial charge is 0.370 e. The van der Waals surface area contributed by atoms with Crippen molar-refractivity contribution in [2.45, 2.75) is 18.4 Å². The van der Waals surface area contributed by atoms with Gasteiger partial charge in [-0.2, -0.15) is 13.2 Å². The highest BCUT2D eigenvalue weighted by atomic mass is 19.4. The van der Waals surface area contributed by atoms with E-state index in [1.165, 1.54) is 18.0 Å². The van der Waals surface area contributed by atoms with E-state index in [4.69, 9.17) is 0 Å². The summed E-state index contributed by atoms with van der Waals surface area (Å²) in [6.07, 6.45) is -3.59. The molecule has 108 valence electrons. The van der Waals surface area contributed by atoms with E-state index in [0.29, 0.717) is 0 Å². The van der Waals surface area contributed by atoms with E-state index in [2.05, 4.69) is 11.6 Å². The molecule has 2 amide bonds. The fraction of sp³-hybridized carbons (Fsp3) is 0.333. The Balaban J connectivity index is 2.42. The van der Waals surface area contributed by atoms with Crippen molar-refractivity contribution in [3.05, 3.63) is 36.5 Å². The molecular weight excluding hydrogens is 275 g/mol. The molecule has 1 aliphatic heterocycles. The van der Waals surface area contributed by atoms with Crippen LogP contribution in [0.5, 0.6) is 0 Å². The number of hydrogen-bond donors (Lipinski definition) is 1. The van der Waals surface area contributed by atoms with Gasteiger partial charge < -0.3 is 10.0 Å². The molecule has 0 saturated carbocycles. The first-order chi connectivity index (χ1) is 9.27. The van der Waals surface area contributed by atoms with Crippen LogP contribution in [-0.2, 0) is 6.18 Å². The minimum absolute atomic E-state index is 0.256. The van der Waals surface area contributed by atoms with Crippen molar-refractivity contribution in [2.75, 3.05) is 11.9 Å². The number of hydrogen-bond acceptors (Lipinski definition) is 3. The molecule has 1 aromatic rings. The quantitative estimate of drug-likeness (QED) is 0.844. The zero-order valence-corrected chi connectivity index (χ0v) is 10.5. The Bertz CT molecular complexity index is 547. The molecule has 8 heteroatoms. The maximum absolute atomic E-state index is 12.6. The number of anilines is 1. The van der Waals surface area contributed by atoms with E-state index in [1.54, 1.807) is 0 Å². The number of alkyl halides is 3. The maximum atomic E-state index is 12.6. The molecule has 0 aromatic carbocycles. The summed E-state index contributed by atoms with van der Waals surface area (Å²) in [6, 6.07) is 0.166. The number of aliphatic hydroxyl groups is 1. The van der Waals surface area contributed by atoms with Crippen LogP contribution in [-0.4, -0.2) is 40.3 Å². The van der Waals surface area contributed by atoms with E-state index in [0.717, 1.165) is 23.2 Å². The van der Waals surface area contributed by atoms with E-state index in [9.17, 15) is 23.1 Å². The third-order valence-corrected chi connectivity index (χ3v) is 3.09. The number of aliphatic hydroxyl groups excluding tert-OH is 1. The van der Waals surface area contributed by atoms with Crippen LogP contribution in [0.4, 0.5) is 23.8 Å². The second-order valence-electron chi connectivity index (χ2n) is 4.30. The number of rotatable bonds is 2. The molecule has 2 heterocycles.